The monoisotopic (exact) mass is 339 g/mol. The Labute approximate surface area is 148 Å². The number of nitrogen functional groups attached to an aromatic ring is 1. The quantitative estimate of drug-likeness (QED) is 0.418. The predicted molar refractivity (Wildman–Crippen MR) is 102 cm³/mol. The van der Waals surface area contributed by atoms with Crippen LogP contribution >= 0.6 is 0 Å². The van der Waals surface area contributed by atoms with Crippen molar-refractivity contribution in [3.8, 4) is 11.5 Å². The molecule has 3 N–H and O–H groups in total. The highest BCUT2D eigenvalue weighted by Gasteiger charge is 2.09. The normalized spacial score (nSPS) is 11.0. The third kappa shape index (κ3) is 5.11. The van der Waals surface area contributed by atoms with Gasteiger partial charge in [-0.2, -0.15) is 0 Å². The number of rotatable bonds is 8. The van der Waals surface area contributed by atoms with Crippen LogP contribution in [0.15, 0.2) is 42.5 Å². The number of benzene rings is 2. The number of carbonyl (C=O) groups is 1. The lowest BCUT2D eigenvalue weighted by Crippen LogP contribution is -1.99. The van der Waals surface area contributed by atoms with Crippen molar-refractivity contribution >= 4 is 17.5 Å². The van der Waals surface area contributed by atoms with E-state index in [0.29, 0.717) is 23.6 Å². The number of ether oxygens (including phenoxy) is 1. The van der Waals surface area contributed by atoms with Crippen molar-refractivity contribution in [1.29, 1.82) is 0 Å². The van der Waals surface area contributed by atoms with E-state index in [2.05, 4.69) is 6.92 Å². The van der Waals surface area contributed by atoms with E-state index in [0.717, 1.165) is 30.4 Å². The minimum absolute atomic E-state index is 0.105. The number of aryl methyl sites for hydroxylation is 1. The Morgan fingerprint density at radius 2 is 1.88 bits per heavy atom. The van der Waals surface area contributed by atoms with Crippen LogP contribution in [0.3, 0.4) is 0 Å². The average molecular weight is 339 g/mol. The molecule has 0 radical (unpaired) electrons. The summed E-state index contributed by atoms with van der Waals surface area (Å²) in [4.78, 5) is 12.3. The Kier molecular flexibility index (Phi) is 6.63. The molecule has 0 saturated carbocycles. The molecule has 0 amide bonds. The van der Waals surface area contributed by atoms with Gasteiger partial charge in [-0.3, -0.25) is 4.79 Å². The first-order chi connectivity index (χ1) is 12.0. The molecule has 0 spiro atoms. The standard InChI is InChI=1S/C21H25NO3/c1-3-5-16-13-17(21(14-20(16)24)25-12-4-2)8-11-19(23)15-6-9-18(22)10-7-15/h6-11,13-14,24H,3-5,12,22H2,1-2H3. The van der Waals surface area contributed by atoms with E-state index in [9.17, 15) is 9.90 Å². The molecule has 0 aliphatic carbocycles. The number of allylic oxidation sites excluding steroid dienone is 1. The number of hydrogen-bond donors (Lipinski definition) is 2. The van der Waals surface area contributed by atoms with Crippen LogP contribution < -0.4 is 10.5 Å². The zero-order chi connectivity index (χ0) is 18.2. The summed E-state index contributed by atoms with van der Waals surface area (Å²) in [5.74, 6) is 0.710. The number of ketones is 1. The Hall–Kier alpha value is -2.75. The Balaban J connectivity index is 2.29. The van der Waals surface area contributed by atoms with E-state index in [1.54, 1.807) is 36.4 Å². The van der Waals surface area contributed by atoms with Crippen LogP contribution in [0.1, 0.15) is 48.2 Å². The van der Waals surface area contributed by atoms with Gasteiger partial charge in [0.1, 0.15) is 11.5 Å². The van der Waals surface area contributed by atoms with Crippen LogP contribution in [0.2, 0.25) is 0 Å². The van der Waals surface area contributed by atoms with Gasteiger partial charge in [-0.25, -0.2) is 0 Å². The van der Waals surface area contributed by atoms with Gasteiger partial charge < -0.3 is 15.6 Å². The maximum atomic E-state index is 12.3. The van der Waals surface area contributed by atoms with Gasteiger partial charge in [0.2, 0.25) is 0 Å². The van der Waals surface area contributed by atoms with Crippen molar-refractivity contribution in [2.75, 3.05) is 12.3 Å². The van der Waals surface area contributed by atoms with Gasteiger partial charge in [0.15, 0.2) is 5.78 Å². The van der Waals surface area contributed by atoms with Crippen molar-refractivity contribution in [3.05, 3.63) is 59.2 Å². The summed E-state index contributed by atoms with van der Waals surface area (Å²) in [6, 6.07) is 10.3. The van der Waals surface area contributed by atoms with Crippen LogP contribution in [0.25, 0.3) is 6.08 Å². The summed E-state index contributed by atoms with van der Waals surface area (Å²) < 4.78 is 5.71. The smallest absolute Gasteiger partial charge is 0.185 e. The highest BCUT2D eigenvalue weighted by molar-refractivity contribution is 6.07. The Morgan fingerprint density at radius 1 is 1.16 bits per heavy atom. The van der Waals surface area contributed by atoms with Gasteiger partial charge in [0.25, 0.3) is 0 Å². The molecule has 0 fully saturated rings. The first-order valence-corrected chi connectivity index (χ1v) is 8.61. The second-order valence-corrected chi connectivity index (χ2v) is 5.94. The van der Waals surface area contributed by atoms with Gasteiger partial charge >= 0.3 is 0 Å². The molecule has 0 aromatic heterocycles. The zero-order valence-corrected chi connectivity index (χ0v) is 14.8. The maximum Gasteiger partial charge on any atom is 0.185 e. The van der Waals surface area contributed by atoms with Crippen molar-refractivity contribution < 1.29 is 14.6 Å². The van der Waals surface area contributed by atoms with E-state index < -0.39 is 0 Å². The number of hydrogen-bond acceptors (Lipinski definition) is 4. The molecule has 0 aliphatic heterocycles. The lowest BCUT2D eigenvalue weighted by molar-refractivity contribution is 0.104. The Morgan fingerprint density at radius 3 is 2.52 bits per heavy atom. The van der Waals surface area contributed by atoms with Crippen LogP contribution in [0.4, 0.5) is 5.69 Å². The predicted octanol–water partition coefficient (Wildman–Crippen LogP) is 4.61. The minimum atomic E-state index is -0.105. The molecule has 0 unspecified atom stereocenters. The van der Waals surface area contributed by atoms with Crippen LogP contribution in [0.5, 0.6) is 11.5 Å². The summed E-state index contributed by atoms with van der Waals surface area (Å²) in [5.41, 5.74) is 8.49. The third-order valence-electron chi connectivity index (χ3n) is 3.80. The van der Waals surface area contributed by atoms with Crippen molar-refractivity contribution in [3.63, 3.8) is 0 Å². The molecule has 0 bridgehead atoms. The fourth-order valence-electron chi connectivity index (χ4n) is 2.48. The summed E-state index contributed by atoms with van der Waals surface area (Å²) in [6.45, 7) is 4.63. The molecular weight excluding hydrogens is 314 g/mol. The van der Waals surface area contributed by atoms with Crippen molar-refractivity contribution in [2.45, 2.75) is 33.1 Å². The largest absolute Gasteiger partial charge is 0.508 e. The van der Waals surface area contributed by atoms with Gasteiger partial charge in [0.05, 0.1) is 6.61 Å². The summed E-state index contributed by atoms with van der Waals surface area (Å²) in [7, 11) is 0. The van der Waals surface area contributed by atoms with E-state index >= 15 is 0 Å². The number of phenolic OH excluding ortho intramolecular Hbond substituents is 1. The van der Waals surface area contributed by atoms with Gasteiger partial charge in [-0.05, 0) is 60.9 Å². The molecule has 0 atom stereocenters. The molecule has 0 saturated heterocycles. The van der Waals surface area contributed by atoms with Crippen LogP contribution in [-0.2, 0) is 6.42 Å². The van der Waals surface area contributed by atoms with Gasteiger partial charge in [-0.15, -0.1) is 0 Å². The number of aromatic hydroxyl groups is 1. The van der Waals surface area contributed by atoms with E-state index in [1.807, 2.05) is 13.0 Å². The second-order valence-electron chi connectivity index (χ2n) is 5.94. The highest BCUT2D eigenvalue weighted by Crippen LogP contribution is 2.30. The Bertz CT molecular complexity index is 748. The van der Waals surface area contributed by atoms with E-state index in [1.165, 1.54) is 6.08 Å². The van der Waals surface area contributed by atoms with Gasteiger partial charge in [-0.1, -0.05) is 20.3 Å². The molecule has 25 heavy (non-hydrogen) atoms. The van der Waals surface area contributed by atoms with Crippen LogP contribution in [0, 0.1) is 0 Å². The molecule has 132 valence electrons. The molecule has 4 nitrogen and oxygen atoms in total. The maximum absolute atomic E-state index is 12.3. The topological polar surface area (TPSA) is 72.5 Å². The summed E-state index contributed by atoms with van der Waals surface area (Å²) in [6.07, 6.45) is 5.82. The average Bonchev–Trinajstić information content (AvgIpc) is 2.61. The van der Waals surface area contributed by atoms with Gasteiger partial charge in [0, 0.05) is 22.9 Å². The molecule has 0 aliphatic rings. The van der Waals surface area contributed by atoms with Crippen molar-refractivity contribution in [2.24, 2.45) is 0 Å². The molecule has 2 aromatic rings. The first-order valence-electron chi connectivity index (χ1n) is 8.61. The second kappa shape index (κ2) is 8.92. The third-order valence-corrected chi connectivity index (χ3v) is 3.80. The lowest BCUT2D eigenvalue weighted by atomic mass is 10.0. The zero-order valence-electron chi connectivity index (χ0n) is 14.8. The molecule has 2 rings (SSSR count). The number of phenols is 1. The number of nitrogens with two attached hydrogens (primary N) is 1. The molecular formula is C21H25NO3. The first kappa shape index (κ1) is 18.6. The molecule has 2 aromatic carbocycles. The van der Waals surface area contributed by atoms with E-state index in [-0.39, 0.29) is 11.5 Å². The molecule has 4 heteroatoms. The number of anilines is 1. The SMILES string of the molecule is CCCOc1cc(O)c(CCC)cc1C=CC(=O)c1ccc(N)cc1. The fourth-order valence-corrected chi connectivity index (χ4v) is 2.48. The molecule has 0 heterocycles. The minimum Gasteiger partial charge on any atom is -0.508 e. The van der Waals surface area contributed by atoms with E-state index in [4.69, 9.17) is 10.5 Å². The lowest BCUT2D eigenvalue weighted by Gasteiger charge is -2.12. The number of carbonyl (C=O) groups excluding carboxylic acids is 1. The summed E-state index contributed by atoms with van der Waals surface area (Å²) in [5, 5.41) is 10.1. The van der Waals surface area contributed by atoms with Crippen molar-refractivity contribution in [1.82, 2.24) is 0 Å². The fraction of sp³-hybridized carbons (Fsp3) is 0.286. The highest BCUT2D eigenvalue weighted by atomic mass is 16.5. The van der Waals surface area contributed by atoms with Crippen LogP contribution in [-0.4, -0.2) is 17.5 Å². The summed E-state index contributed by atoms with van der Waals surface area (Å²) >= 11 is 0.